The Balaban J connectivity index is 2.18. The molecule has 2 unspecified atom stereocenters. The average Bonchev–Trinajstić information content (AvgIpc) is 2.79. The summed E-state index contributed by atoms with van der Waals surface area (Å²) in [5, 5.41) is 4.24. The maximum Gasteiger partial charge on any atom is 0.331 e. The van der Waals surface area contributed by atoms with E-state index in [9.17, 15) is 14.4 Å². The molecule has 0 bridgehead atoms. The number of carbonyl (C=O) groups excluding carboxylic acids is 3. The van der Waals surface area contributed by atoms with Crippen LogP contribution < -0.4 is 5.32 Å². The van der Waals surface area contributed by atoms with E-state index in [4.69, 9.17) is 0 Å². The van der Waals surface area contributed by atoms with Crippen molar-refractivity contribution >= 4 is 29.2 Å². The van der Waals surface area contributed by atoms with E-state index in [1.54, 1.807) is 25.2 Å². The van der Waals surface area contributed by atoms with Crippen molar-refractivity contribution in [1.29, 1.82) is 0 Å². The van der Waals surface area contributed by atoms with Gasteiger partial charge in [-0.25, -0.2) is 4.79 Å². The summed E-state index contributed by atoms with van der Waals surface area (Å²) in [6.45, 7) is 5.44. The van der Waals surface area contributed by atoms with Gasteiger partial charge in [0.25, 0.3) is 0 Å². The first-order chi connectivity index (χ1) is 9.41. The van der Waals surface area contributed by atoms with Crippen LogP contribution in [0.5, 0.6) is 0 Å². The number of thiophene rings is 1. The first-order valence-electron chi connectivity index (χ1n) is 6.62. The van der Waals surface area contributed by atoms with Crippen molar-refractivity contribution in [2.24, 2.45) is 11.8 Å². The maximum absolute atomic E-state index is 12.4. The van der Waals surface area contributed by atoms with Gasteiger partial charge in [-0.05, 0) is 24.3 Å². The van der Waals surface area contributed by atoms with Crippen molar-refractivity contribution in [1.82, 2.24) is 10.2 Å². The number of hydrogen-bond acceptors (Lipinski definition) is 4. The number of nitrogens with one attached hydrogen (secondary N) is 1. The molecule has 0 aromatic carbocycles. The highest BCUT2D eigenvalue weighted by atomic mass is 32.1. The first kappa shape index (κ1) is 14.7. The molecule has 2 atom stereocenters. The van der Waals surface area contributed by atoms with Crippen LogP contribution in [0.4, 0.5) is 4.79 Å². The predicted molar refractivity (Wildman–Crippen MR) is 76.2 cm³/mol. The lowest BCUT2D eigenvalue weighted by atomic mass is 9.91. The van der Waals surface area contributed by atoms with E-state index in [2.05, 4.69) is 5.32 Å². The molecule has 1 aliphatic heterocycles. The summed E-state index contributed by atoms with van der Waals surface area (Å²) in [7, 11) is 0. The Bertz CT molecular complexity index is 525. The maximum atomic E-state index is 12.4. The van der Waals surface area contributed by atoms with Crippen molar-refractivity contribution in [3.8, 4) is 0 Å². The molecule has 1 fully saturated rings. The molecule has 6 heteroatoms. The van der Waals surface area contributed by atoms with Gasteiger partial charge in [0.05, 0.1) is 0 Å². The molecule has 0 aliphatic carbocycles. The molecule has 0 saturated carbocycles. The van der Waals surface area contributed by atoms with E-state index >= 15 is 0 Å². The Morgan fingerprint density at radius 1 is 1.30 bits per heavy atom. The van der Waals surface area contributed by atoms with Crippen molar-refractivity contribution in [3.05, 3.63) is 22.4 Å². The van der Waals surface area contributed by atoms with Gasteiger partial charge in [-0.15, -0.1) is 11.3 Å². The topological polar surface area (TPSA) is 66.5 Å². The number of urea groups is 1. The summed E-state index contributed by atoms with van der Waals surface area (Å²) in [4.78, 5) is 38.4. The van der Waals surface area contributed by atoms with Crippen molar-refractivity contribution in [3.63, 3.8) is 0 Å². The van der Waals surface area contributed by atoms with Gasteiger partial charge < -0.3 is 0 Å². The molecule has 0 spiro atoms. The SMILES string of the molecule is CC(C)C1C(=O)NC(=O)N(C(C)Cc2cccs2)C1=O. The Labute approximate surface area is 122 Å². The molecule has 108 valence electrons. The second-order valence-corrected chi connectivity index (χ2v) is 6.39. The second kappa shape index (κ2) is 5.75. The lowest BCUT2D eigenvalue weighted by Gasteiger charge is -2.35. The minimum Gasteiger partial charge on any atom is -0.277 e. The van der Waals surface area contributed by atoms with Crippen LogP contribution in [0.15, 0.2) is 17.5 Å². The Kier molecular flexibility index (Phi) is 4.23. The summed E-state index contributed by atoms with van der Waals surface area (Å²) >= 11 is 1.59. The zero-order valence-corrected chi connectivity index (χ0v) is 12.6. The number of imide groups is 2. The van der Waals surface area contributed by atoms with Gasteiger partial charge in [0.15, 0.2) is 0 Å². The van der Waals surface area contributed by atoms with Crippen LogP contribution in [0.1, 0.15) is 25.6 Å². The lowest BCUT2D eigenvalue weighted by molar-refractivity contribution is -0.145. The normalized spacial score (nSPS) is 21.3. The highest BCUT2D eigenvalue weighted by Crippen LogP contribution is 2.22. The van der Waals surface area contributed by atoms with Crippen LogP contribution in [0.2, 0.25) is 0 Å². The average molecular weight is 294 g/mol. The molecule has 2 rings (SSSR count). The van der Waals surface area contributed by atoms with Crippen molar-refractivity contribution in [2.45, 2.75) is 33.2 Å². The summed E-state index contributed by atoms with van der Waals surface area (Å²) in [6.07, 6.45) is 0.607. The van der Waals surface area contributed by atoms with Crippen molar-refractivity contribution < 1.29 is 14.4 Å². The zero-order valence-electron chi connectivity index (χ0n) is 11.8. The summed E-state index contributed by atoms with van der Waals surface area (Å²) in [5.41, 5.74) is 0. The predicted octanol–water partition coefficient (Wildman–Crippen LogP) is 2.03. The lowest BCUT2D eigenvalue weighted by Crippen LogP contribution is -2.61. The quantitative estimate of drug-likeness (QED) is 0.864. The van der Waals surface area contributed by atoms with Gasteiger partial charge in [0, 0.05) is 17.3 Å². The number of amides is 4. The fourth-order valence-corrected chi connectivity index (χ4v) is 3.25. The van der Waals surface area contributed by atoms with E-state index in [1.165, 1.54) is 4.90 Å². The first-order valence-corrected chi connectivity index (χ1v) is 7.50. The number of hydrogen-bond donors (Lipinski definition) is 1. The fraction of sp³-hybridized carbons (Fsp3) is 0.500. The molecule has 1 N–H and O–H groups in total. The fourth-order valence-electron chi connectivity index (χ4n) is 2.42. The van der Waals surface area contributed by atoms with E-state index in [1.807, 2.05) is 24.4 Å². The molecule has 1 aliphatic rings. The third kappa shape index (κ3) is 2.75. The van der Waals surface area contributed by atoms with Gasteiger partial charge in [0.2, 0.25) is 11.8 Å². The summed E-state index contributed by atoms with van der Waals surface area (Å²) in [5.74, 6) is -1.79. The van der Waals surface area contributed by atoms with E-state index in [0.717, 1.165) is 4.88 Å². The van der Waals surface area contributed by atoms with Crippen molar-refractivity contribution in [2.75, 3.05) is 0 Å². The Morgan fingerprint density at radius 2 is 2.00 bits per heavy atom. The third-order valence-corrected chi connectivity index (χ3v) is 4.32. The van der Waals surface area contributed by atoms with Crippen LogP contribution in [0.25, 0.3) is 0 Å². The van der Waals surface area contributed by atoms with Crippen LogP contribution in [0, 0.1) is 11.8 Å². The molecule has 2 heterocycles. The second-order valence-electron chi connectivity index (χ2n) is 5.36. The third-order valence-electron chi connectivity index (χ3n) is 3.42. The van der Waals surface area contributed by atoms with Crippen LogP contribution >= 0.6 is 11.3 Å². The molecular weight excluding hydrogens is 276 g/mol. The Morgan fingerprint density at radius 3 is 2.55 bits per heavy atom. The van der Waals surface area contributed by atoms with Gasteiger partial charge in [-0.1, -0.05) is 19.9 Å². The standard InChI is InChI=1S/C14H18N2O3S/c1-8(2)11-12(17)15-14(19)16(13(11)18)9(3)7-10-5-4-6-20-10/h4-6,8-9,11H,7H2,1-3H3,(H,15,17,19). The van der Waals surface area contributed by atoms with E-state index in [0.29, 0.717) is 6.42 Å². The largest absolute Gasteiger partial charge is 0.331 e. The van der Waals surface area contributed by atoms with Gasteiger partial charge >= 0.3 is 6.03 Å². The molecule has 5 nitrogen and oxygen atoms in total. The molecule has 4 amide bonds. The minimum atomic E-state index is -0.779. The van der Waals surface area contributed by atoms with E-state index in [-0.39, 0.29) is 12.0 Å². The number of barbiturate groups is 1. The monoisotopic (exact) mass is 294 g/mol. The number of rotatable bonds is 4. The van der Waals surface area contributed by atoms with Gasteiger partial charge in [-0.3, -0.25) is 19.8 Å². The zero-order chi connectivity index (χ0) is 14.9. The smallest absolute Gasteiger partial charge is 0.277 e. The van der Waals surface area contributed by atoms with E-state index < -0.39 is 23.8 Å². The molecule has 1 aromatic rings. The molecule has 1 aromatic heterocycles. The Hall–Kier alpha value is -1.69. The highest BCUT2D eigenvalue weighted by Gasteiger charge is 2.43. The highest BCUT2D eigenvalue weighted by molar-refractivity contribution is 7.09. The summed E-state index contributed by atoms with van der Waals surface area (Å²) in [6, 6.07) is 3.03. The van der Waals surface area contributed by atoms with Crippen LogP contribution in [0.3, 0.4) is 0 Å². The van der Waals surface area contributed by atoms with Crippen LogP contribution in [-0.2, 0) is 16.0 Å². The molecule has 1 saturated heterocycles. The molecule has 20 heavy (non-hydrogen) atoms. The summed E-state index contributed by atoms with van der Waals surface area (Å²) < 4.78 is 0. The van der Waals surface area contributed by atoms with Gasteiger partial charge in [-0.2, -0.15) is 0 Å². The van der Waals surface area contributed by atoms with Crippen LogP contribution in [-0.4, -0.2) is 28.8 Å². The minimum absolute atomic E-state index is 0.132. The number of carbonyl (C=O) groups is 3. The molecule has 0 radical (unpaired) electrons. The number of nitrogens with zero attached hydrogens (tertiary/aromatic N) is 1. The van der Waals surface area contributed by atoms with Gasteiger partial charge in [0.1, 0.15) is 5.92 Å². The molecular formula is C14H18N2O3S.